The van der Waals surface area contributed by atoms with Crippen molar-refractivity contribution in [2.45, 2.75) is 19.8 Å². The van der Waals surface area contributed by atoms with Crippen molar-refractivity contribution in [2.75, 3.05) is 6.61 Å². The Morgan fingerprint density at radius 3 is 3.14 bits per heavy atom. The van der Waals surface area contributed by atoms with Gasteiger partial charge in [-0.3, -0.25) is 0 Å². The Labute approximate surface area is 122 Å². The number of rotatable bonds is 2. The van der Waals surface area contributed by atoms with Crippen molar-refractivity contribution >= 4 is 29.0 Å². The lowest BCUT2D eigenvalue weighted by Gasteiger charge is -2.05. The first-order valence-corrected chi connectivity index (χ1v) is 7.26. The zero-order valence-corrected chi connectivity index (χ0v) is 11.8. The predicted octanol–water partition coefficient (Wildman–Crippen LogP) is 1.71. The molecule has 0 unspecified atom stereocenters. The first kappa shape index (κ1) is 12.3. The van der Waals surface area contributed by atoms with Crippen LogP contribution < -0.4 is 10.4 Å². The van der Waals surface area contributed by atoms with Crippen molar-refractivity contribution in [1.29, 1.82) is 0 Å². The molecule has 0 radical (unpaired) electrons. The third-order valence-corrected chi connectivity index (χ3v) is 4.09. The van der Waals surface area contributed by atoms with Gasteiger partial charge in [-0.2, -0.15) is 0 Å². The van der Waals surface area contributed by atoms with Crippen LogP contribution >= 0.6 is 0 Å². The number of hydrogen-bond acceptors (Lipinski definition) is 3. The van der Waals surface area contributed by atoms with Gasteiger partial charge in [0.2, 0.25) is 0 Å². The maximum Gasteiger partial charge on any atom is 0.353 e. The molecule has 1 aliphatic heterocycles. The SMILES string of the molecule is CCOC(=O)C1=Nc2cc3c(cc2C1)=CC1=CC=CCC=31. The second-order valence-corrected chi connectivity index (χ2v) is 5.40. The number of benzene rings is 1. The minimum Gasteiger partial charge on any atom is -0.461 e. The molecule has 0 aromatic heterocycles. The Kier molecular flexibility index (Phi) is 2.67. The standard InChI is InChI=1S/C18H15NO2/c1-2-21-18(20)17-9-13-8-12-7-11-5-3-4-6-14(11)15(12)10-16(13)19-17/h3-5,7-8,10H,2,6,9H2,1H3. The van der Waals surface area contributed by atoms with Crippen LogP contribution in [0.5, 0.6) is 0 Å². The number of hydrogen-bond donors (Lipinski definition) is 0. The lowest BCUT2D eigenvalue weighted by atomic mass is 10.00. The fourth-order valence-electron chi connectivity index (χ4n) is 3.12. The minimum atomic E-state index is -0.299. The summed E-state index contributed by atoms with van der Waals surface area (Å²) in [7, 11) is 0. The second-order valence-electron chi connectivity index (χ2n) is 5.40. The van der Waals surface area contributed by atoms with Gasteiger partial charge in [0, 0.05) is 6.42 Å². The highest BCUT2D eigenvalue weighted by Gasteiger charge is 2.23. The maximum atomic E-state index is 11.8. The van der Waals surface area contributed by atoms with E-state index >= 15 is 0 Å². The maximum absolute atomic E-state index is 11.8. The van der Waals surface area contributed by atoms with Crippen molar-refractivity contribution in [1.82, 2.24) is 0 Å². The molecule has 0 fully saturated rings. The normalized spacial score (nSPS) is 17.5. The van der Waals surface area contributed by atoms with Crippen LogP contribution in [0.3, 0.4) is 0 Å². The van der Waals surface area contributed by atoms with Gasteiger partial charge in [-0.05, 0) is 58.7 Å². The summed E-state index contributed by atoms with van der Waals surface area (Å²) in [6, 6.07) is 4.27. The van der Waals surface area contributed by atoms with Crippen LogP contribution in [0.25, 0.3) is 11.6 Å². The van der Waals surface area contributed by atoms with Gasteiger partial charge < -0.3 is 4.74 Å². The number of nitrogens with zero attached hydrogens (tertiary/aromatic N) is 1. The van der Waals surface area contributed by atoms with Gasteiger partial charge in [-0.15, -0.1) is 0 Å². The zero-order chi connectivity index (χ0) is 14.4. The van der Waals surface area contributed by atoms with E-state index in [1.165, 1.54) is 21.6 Å². The molecule has 1 aromatic carbocycles. The van der Waals surface area contributed by atoms with E-state index in [0.29, 0.717) is 18.7 Å². The largest absolute Gasteiger partial charge is 0.461 e. The van der Waals surface area contributed by atoms with E-state index in [4.69, 9.17) is 4.74 Å². The molecule has 0 atom stereocenters. The van der Waals surface area contributed by atoms with Gasteiger partial charge in [0.15, 0.2) is 0 Å². The zero-order valence-electron chi connectivity index (χ0n) is 11.8. The summed E-state index contributed by atoms with van der Waals surface area (Å²) < 4.78 is 5.04. The van der Waals surface area contributed by atoms with Crippen LogP contribution in [0, 0.1) is 0 Å². The molecule has 3 nitrogen and oxygen atoms in total. The van der Waals surface area contributed by atoms with Crippen molar-refractivity contribution < 1.29 is 9.53 Å². The summed E-state index contributed by atoms with van der Waals surface area (Å²) >= 11 is 0. The molecule has 1 aromatic rings. The molecule has 2 aliphatic carbocycles. The minimum absolute atomic E-state index is 0.299. The average molecular weight is 277 g/mol. The average Bonchev–Trinajstić information content (AvgIpc) is 3.05. The summed E-state index contributed by atoms with van der Waals surface area (Å²) in [5.74, 6) is -0.299. The first-order chi connectivity index (χ1) is 10.3. The van der Waals surface area contributed by atoms with Gasteiger partial charge in [0.1, 0.15) is 5.71 Å². The van der Waals surface area contributed by atoms with Crippen molar-refractivity contribution in [3.63, 3.8) is 0 Å². The van der Waals surface area contributed by atoms with E-state index in [9.17, 15) is 4.79 Å². The lowest BCUT2D eigenvalue weighted by Crippen LogP contribution is -2.23. The van der Waals surface area contributed by atoms with E-state index in [2.05, 4.69) is 41.4 Å². The number of fused-ring (bicyclic) bond motifs is 3. The second kappa shape index (κ2) is 4.55. The molecule has 21 heavy (non-hydrogen) atoms. The van der Waals surface area contributed by atoms with Gasteiger partial charge in [-0.25, -0.2) is 9.79 Å². The molecule has 104 valence electrons. The van der Waals surface area contributed by atoms with Crippen LogP contribution in [0.15, 0.2) is 40.9 Å². The summed E-state index contributed by atoms with van der Waals surface area (Å²) in [6.45, 7) is 2.20. The molecule has 0 spiro atoms. The van der Waals surface area contributed by atoms with E-state index in [-0.39, 0.29) is 5.97 Å². The third kappa shape index (κ3) is 1.88. The van der Waals surface area contributed by atoms with Crippen LogP contribution in [-0.2, 0) is 16.0 Å². The molecular weight excluding hydrogens is 262 g/mol. The third-order valence-electron chi connectivity index (χ3n) is 4.09. The fraction of sp³-hybridized carbons (Fsp3) is 0.222. The lowest BCUT2D eigenvalue weighted by molar-refractivity contribution is -0.135. The molecular formula is C18H15NO2. The molecule has 3 heteroatoms. The summed E-state index contributed by atoms with van der Waals surface area (Å²) in [6.07, 6.45) is 10.2. The monoisotopic (exact) mass is 277 g/mol. The molecule has 0 N–H and O–H groups in total. The Balaban J connectivity index is 1.81. The molecule has 3 aliphatic rings. The Morgan fingerprint density at radius 1 is 1.38 bits per heavy atom. The highest BCUT2D eigenvalue weighted by Crippen LogP contribution is 2.28. The molecule has 0 saturated carbocycles. The number of ether oxygens (including phenoxy) is 1. The number of carbonyl (C=O) groups excluding carboxylic acids is 1. The fourth-order valence-corrected chi connectivity index (χ4v) is 3.12. The number of aliphatic imine (C=N–C) groups is 1. The van der Waals surface area contributed by atoms with Crippen molar-refractivity contribution in [3.8, 4) is 0 Å². The van der Waals surface area contributed by atoms with Crippen LogP contribution in [0.1, 0.15) is 18.9 Å². The number of allylic oxidation sites excluding steroid dienone is 4. The Bertz CT molecular complexity index is 869. The summed E-state index contributed by atoms with van der Waals surface area (Å²) in [5, 5.41) is 2.48. The van der Waals surface area contributed by atoms with Gasteiger partial charge in [-0.1, -0.05) is 18.2 Å². The number of esters is 1. The molecule has 1 heterocycles. The Morgan fingerprint density at radius 2 is 2.29 bits per heavy atom. The molecule has 0 amide bonds. The molecule has 0 saturated heterocycles. The topological polar surface area (TPSA) is 38.7 Å². The number of carbonyl (C=O) groups is 1. The van der Waals surface area contributed by atoms with Crippen LogP contribution in [0.2, 0.25) is 0 Å². The van der Waals surface area contributed by atoms with Gasteiger partial charge in [0.25, 0.3) is 0 Å². The van der Waals surface area contributed by atoms with E-state index in [1.54, 1.807) is 0 Å². The predicted molar refractivity (Wildman–Crippen MR) is 82.8 cm³/mol. The van der Waals surface area contributed by atoms with Crippen LogP contribution in [-0.4, -0.2) is 18.3 Å². The van der Waals surface area contributed by atoms with E-state index in [0.717, 1.165) is 17.7 Å². The van der Waals surface area contributed by atoms with Gasteiger partial charge >= 0.3 is 5.97 Å². The molecule has 0 bridgehead atoms. The van der Waals surface area contributed by atoms with Gasteiger partial charge in [0.05, 0.1) is 12.3 Å². The Hall–Kier alpha value is -2.42. The summed E-state index contributed by atoms with van der Waals surface area (Å²) in [5.41, 5.74) is 5.19. The van der Waals surface area contributed by atoms with Crippen molar-refractivity contribution in [2.24, 2.45) is 4.99 Å². The van der Waals surface area contributed by atoms with Crippen LogP contribution in [0.4, 0.5) is 5.69 Å². The first-order valence-electron chi connectivity index (χ1n) is 7.26. The van der Waals surface area contributed by atoms with E-state index < -0.39 is 0 Å². The van der Waals surface area contributed by atoms with E-state index in [1.807, 2.05) is 6.92 Å². The highest BCUT2D eigenvalue weighted by atomic mass is 16.5. The summed E-state index contributed by atoms with van der Waals surface area (Å²) in [4.78, 5) is 16.3. The molecule has 4 rings (SSSR count). The smallest absolute Gasteiger partial charge is 0.353 e. The highest BCUT2D eigenvalue weighted by molar-refractivity contribution is 6.38. The quantitative estimate of drug-likeness (QED) is 0.772. The van der Waals surface area contributed by atoms with Crippen molar-refractivity contribution in [3.05, 3.63) is 51.9 Å².